The van der Waals surface area contributed by atoms with Crippen LogP contribution >= 0.6 is 0 Å². The maximum Gasteiger partial charge on any atom is 0.251 e. The predicted molar refractivity (Wildman–Crippen MR) is 127 cm³/mol. The minimum atomic E-state index is -0.143. The monoisotopic (exact) mass is 433 g/mol. The third kappa shape index (κ3) is 5.81. The lowest BCUT2D eigenvalue weighted by Crippen LogP contribution is -2.44. The molecule has 168 valence electrons. The summed E-state index contributed by atoms with van der Waals surface area (Å²) in [7, 11) is 0. The van der Waals surface area contributed by atoms with E-state index in [1.807, 2.05) is 19.1 Å². The molecule has 0 bridgehead atoms. The lowest BCUT2D eigenvalue weighted by Gasteiger charge is -2.35. The summed E-state index contributed by atoms with van der Waals surface area (Å²) in [5.41, 5.74) is 3.93. The zero-order valence-electron chi connectivity index (χ0n) is 19.0. The molecule has 0 saturated carbocycles. The van der Waals surface area contributed by atoms with E-state index in [1.165, 1.54) is 17.2 Å². The molecule has 7 nitrogen and oxygen atoms in total. The third-order valence-corrected chi connectivity index (χ3v) is 5.59. The number of hydrogen-bond donors (Lipinski definition) is 2. The Balaban J connectivity index is 1.33. The van der Waals surface area contributed by atoms with E-state index in [0.29, 0.717) is 18.8 Å². The first-order valence-corrected chi connectivity index (χ1v) is 11.2. The van der Waals surface area contributed by atoms with Crippen LogP contribution in [0, 0.1) is 0 Å². The Morgan fingerprint density at radius 3 is 2.47 bits per heavy atom. The molecule has 32 heavy (non-hydrogen) atoms. The largest absolute Gasteiger partial charge is 0.373 e. The van der Waals surface area contributed by atoms with Crippen molar-refractivity contribution in [2.24, 2.45) is 0 Å². The van der Waals surface area contributed by atoms with Crippen LogP contribution in [0.25, 0.3) is 11.4 Å². The van der Waals surface area contributed by atoms with Crippen LogP contribution in [0.3, 0.4) is 0 Å². The van der Waals surface area contributed by atoms with E-state index >= 15 is 0 Å². The standard InChI is InChI=1S/C25H31N5O2/c1-4-22-11-24(31)29-25(28-22)21-9-10-23(27-13-21)26-12-19-5-7-20(8-6-19)16-30-14-17(2)32-18(3)15-30/h5-11,13,17-18H,4,12,14-16H2,1-3H3,(H,26,27)(H,28,29,31). The zero-order chi connectivity index (χ0) is 22.5. The zero-order valence-corrected chi connectivity index (χ0v) is 19.0. The summed E-state index contributed by atoms with van der Waals surface area (Å²) in [5, 5.41) is 3.36. The van der Waals surface area contributed by atoms with Crippen LogP contribution in [0.2, 0.25) is 0 Å². The predicted octanol–water partition coefficient (Wildman–Crippen LogP) is 3.62. The molecule has 4 rings (SSSR count). The second kappa shape index (κ2) is 10.1. The van der Waals surface area contributed by atoms with E-state index in [2.05, 4.69) is 63.3 Å². The topological polar surface area (TPSA) is 83.1 Å². The van der Waals surface area contributed by atoms with Gasteiger partial charge in [-0.3, -0.25) is 9.69 Å². The summed E-state index contributed by atoms with van der Waals surface area (Å²) in [6, 6.07) is 14.1. The molecule has 2 N–H and O–H groups in total. The highest BCUT2D eigenvalue weighted by Gasteiger charge is 2.21. The molecular formula is C25H31N5O2. The normalized spacial score (nSPS) is 19.1. The Kier molecular flexibility index (Phi) is 6.97. The number of ether oxygens (including phenoxy) is 1. The average molecular weight is 434 g/mol. The summed E-state index contributed by atoms with van der Waals surface area (Å²) >= 11 is 0. The van der Waals surface area contributed by atoms with E-state index in [-0.39, 0.29) is 17.8 Å². The fraction of sp³-hybridized carbons (Fsp3) is 0.400. The van der Waals surface area contributed by atoms with Crippen molar-refractivity contribution in [3.63, 3.8) is 0 Å². The minimum Gasteiger partial charge on any atom is -0.373 e. The molecule has 1 aliphatic rings. The van der Waals surface area contributed by atoms with Gasteiger partial charge in [0.2, 0.25) is 0 Å². The molecule has 1 saturated heterocycles. The van der Waals surface area contributed by atoms with Crippen LogP contribution in [0.1, 0.15) is 37.6 Å². The number of nitrogens with one attached hydrogen (secondary N) is 2. The van der Waals surface area contributed by atoms with Gasteiger partial charge < -0.3 is 15.0 Å². The third-order valence-electron chi connectivity index (χ3n) is 5.59. The quantitative estimate of drug-likeness (QED) is 0.592. The van der Waals surface area contributed by atoms with Gasteiger partial charge in [-0.2, -0.15) is 0 Å². The van der Waals surface area contributed by atoms with Crippen molar-refractivity contribution in [3.8, 4) is 11.4 Å². The van der Waals surface area contributed by atoms with Crippen molar-refractivity contribution < 1.29 is 4.74 Å². The summed E-state index contributed by atoms with van der Waals surface area (Å²) in [6.07, 6.45) is 3.02. The summed E-state index contributed by atoms with van der Waals surface area (Å²) in [4.78, 5) is 26.0. The number of pyridine rings is 1. The van der Waals surface area contributed by atoms with E-state index in [0.717, 1.165) is 36.7 Å². The fourth-order valence-corrected chi connectivity index (χ4v) is 4.09. The van der Waals surface area contributed by atoms with Crippen LogP contribution in [0.4, 0.5) is 5.82 Å². The highest BCUT2D eigenvalue weighted by molar-refractivity contribution is 5.55. The van der Waals surface area contributed by atoms with Crippen LogP contribution < -0.4 is 10.9 Å². The SMILES string of the molecule is CCc1cc(=O)[nH]c(-c2ccc(NCc3ccc(CN4CC(C)OC(C)C4)cc3)nc2)n1. The number of H-pyrrole nitrogens is 1. The maximum atomic E-state index is 11.8. The lowest BCUT2D eigenvalue weighted by atomic mass is 10.1. The van der Waals surface area contributed by atoms with Gasteiger partial charge in [-0.1, -0.05) is 31.2 Å². The summed E-state index contributed by atoms with van der Waals surface area (Å²) in [6.45, 7) is 9.84. The Morgan fingerprint density at radius 1 is 1.09 bits per heavy atom. The number of aromatic nitrogens is 3. The van der Waals surface area contributed by atoms with Crippen LogP contribution in [0.15, 0.2) is 53.5 Å². The molecule has 1 aromatic carbocycles. The average Bonchev–Trinajstić information content (AvgIpc) is 2.78. The van der Waals surface area contributed by atoms with E-state index in [4.69, 9.17) is 4.74 Å². The van der Waals surface area contributed by atoms with Gasteiger partial charge in [0.1, 0.15) is 11.6 Å². The smallest absolute Gasteiger partial charge is 0.251 e. The molecule has 2 atom stereocenters. The van der Waals surface area contributed by atoms with Crippen molar-refractivity contribution in [3.05, 3.63) is 75.8 Å². The van der Waals surface area contributed by atoms with Gasteiger partial charge in [0.25, 0.3) is 5.56 Å². The van der Waals surface area contributed by atoms with Crippen molar-refractivity contribution in [2.75, 3.05) is 18.4 Å². The fourth-order valence-electron chi connectivity index (χ4n) is 4.09. The number of hydrogen-bond acceptors (Lipinski definition) is 6. The second-order valence-corrected chi connectivity index (χ2v) is 8.49. The highest BCUT2D eigenvalue weighted by atomic mass is 16.5. The highest BCUT2D eigenvalue weighted by Crippen LogP contribution is 2.17. The first-order valence-electron chi connectivity index (χ1n) is 11.2. The molecule has 7 heteroatoms. The number of aromatic amines is 1. The Hall–Kier alpha value is -3.03. The second-order valence-electron chi connectivity index (χ2n) is 8.49. The van der Waals surface area contributed by atoms with Crippen LogP contribution in [-0.4, -0.2) is 45.1 Å². The molecule has 2 unspecified atom stereocenters. The molecule has 0 radical (unpaired) electrons. The number of aryl methyl sites for hydroxylation is 1. The number of rotatable bonds is 7. The van der Waals surface area contributed by atoms with Gasteiger partial charge in [0.15, 0.2) is 0 Å². The van der Waals surface area contributed by atoms with Crippen molar-refractivity contribution in [1.82, 2.24) is 19.9 Å². The Morgan fingerprint density at radius 2 is 1.81 bits per heavy atom. The molecule has 1 aliphatic heterocycles. The van der Waals surface area contributed by atoms with Gasteiger partial charge in [0.05, 0.1) is 12.2 Å². The van der Waals surface area contributed by atoms with Crippen LogP contribution in [0.5, 0.6) is 0 Å². The van der Waals surface area contributed by atoms with Gasteiger partial charge in [-0.25, -0.2) is 9.97 Å². The van der Waals surface area contributed by atoms with Crippen molar-refractivity contribution in [2.45, 2.75) is 52.5 Å². The molecular weight excluding hydrogens is 402 g/mol. The first kappa shape index (κ1) is 22.2. The Bertz CT molecular complexity index is 1070. The molecule has 3 heterocycles. The van der Waals surface area contributed by atoms with Gasteiger partial charge >= 0.3 is 0 Å². The van der Waals surface area contributed by atoms with Gasteiger partial charge in [-0.05, 0) is 43.5 Å². The molecule has 3 aromatic rings. The Labute approximate surface area is 188 Å². The molecule has 0 spiro atoms. The van der Waals surface area contributed by atoms with E-state index in [1.54, 1.807) is 6.20 Å². The number of nitrogens with zero attached hydrogens (tertiary/aromatic N) is 3. The molecule has 1 fully saturated rings. The summed E-state index contributed by atoms with van der Waals surface area (Å²) < 4.78 is 5.82. The van der Waals surface area contributed by atoms with Gasteiger partial charge in [0, 0.05) is 49.7 Å². The number of morpholine rings is 1. The van der Waals surface area contributed by atoms with Crippen LogP contribution in [-0.2, 0) is 24.2 Å². The van der Waals surface area contributed by atoms with E-state index < -0.39 is 0 Å². The maximum absolute atomic E-state index is 11.8. The number of anilines is 1. The molecule has 2 aromatic heterocycles. The van der Waals surface area contributed by atoms with E-state index in [9.17, 15) is 4.79 Å². The van der Waals surface area contributed by atoms with Crippen molar-refractivity contribution >= 4 is 5.82 Å². The van der Waals surface area contributed by atoms with Gasteiger partial charge in [-0.15, -0.1) is 0 Å². The molecule has 0 aliphatic carbocycles. The lowest BCUT2D eigenvalue weighted by molar-refractivity contribution is -0.0704. The number of benzene rings is 1. The molecule has 0 amide bonds. The first-order chi connectivity index (χ1) is 15.5. The minimum absolute atomic E-state index is 0.143. The van der Waals surface area contributed by atoms with Crippen molar-refractivity contribution in [1.29, 1.82) is 0 Å². The summed E-state index contributed by atoms with van der Waals surface area (Å²) in [5.74, 6) is 1.33.